The zero-order valence-electron chi connectivity index (χ0n) is 11.1. The maximum Gasteiger partial charge on any atom is 0.265 e. The number of rotatable bonds is 5. The summed E-state index contributed by atoms with van der Waals surface area (Å²) in [6.07, 6.45) is 7.27. The van der Waals surface area contributed by atoms with Crippen molar-refractivity contribution in [2.75, 3.05) is 0 Å². The number of carbonyl (C=O) groups excluding carboxylic acids is 1. The van der Waals surface area contributed by atoms with Crippen molar-refractivity contribution < 1.29 is 13.2 Å². The largest absolute Gasteiger partial charge is 0.337 e. The summed E-state index contributed by atoms with van der Waals surface area (Å²) < 4.78 is 27.8. The van der Waals surface area contributed by atoms with Crippen LogP contribution in [-0.2, 0) is 21.4 Å². The molecular formula is C12H13ClN4O3S. The molecule has 1 atom stereocenters. The predicted molar refractivity (Wildman–Crippen MR) is 76.0 cm³/mol. The van der Waals surface area contributed by atoms with E-state index in [9.17, 15) is 13.2 Å². The Bertz CT molecular complexity index is 731. The molecule has 1 unspecified atom stereocenters. The van der Waals surface area contributed by atoms with Gasteiger partial charge in [-0.25, -0.2) is 18.1 Å². The van der Waals surface area contributed by atoms with E-state index in [1.807, 2.05) is 4.72 Å². The molecule has 2 aromatic heterocycles. The molecule has 21 heavy (non-hydrogen) atoms. The van der Waals surface area contributed by atoms with E-state index in [0.29, 0.717) is 6.54 Å². The van der Waals surface area contributed by atoms with Gasteiger partial charge in [-0.3, -0.25) is 9.78 Å². The average Bonchev–Trinajstić information content (AvgIpc) is 2.91. The molecule has 0 spiro atoms. The second kappa shape index (κ2) is 6.23. The molecule has 0 aliphatic carbocycles. The summed E-state index contributed by atoms with van der Waals surface area (Å²) in [7, 11) is -3.98. The molecule has 0 aliphatic rings. The second-order valence-electron chi connectivity index (χ2n) is 4.47. The lowest BCUT2D eigenvalue weighted by Gasteiger charge is -2.13. The van der Waals surface area contributed by atoms with E-state index in [1.165, 1.54) is 12.3 Å². The minimum Gasteiger partial charge on any atom is -0.337 e. The molecule has 0 bridgehead atoms. The first-order chi connectivity index (χ1) is 9.88. The summed E-state index contributed by atoms with van der Waals surface area (Å²) in [5.74, 6) is -1.15. The van der Waals surface area contributed by atoms with Crippen LogP contribution in [0.2, 0.25) is 5.02 Å². The van der Waals surface area contributed by atoms with Crippen LogP contribution in [0.3, 0.4) is 0 Å². The minimum absolute atomic E-state index is 0.154. The molecule has 112 valence electrons. The third-order valence-electron chi connectivity index (χ3n) is 2.72. The summed E-state index contributed by atoms with van der Waals surface area (Å²) in [5, 5.41) is 0.178. The Morgan fingerprint density at radius 2 is 2.19 bits per heavy atom. The number of sulfonamides is 1. The molecular weight excluding hydrogens is 316 g/mol. The number of nitrogens with zero attached hydrogens (tertiary/aromatic N) is 3. The summed E-state index contributed by atoms with van der Waals surface area (Å²) in [5.41, 5.74) is 0. The summed E-state index contributed by atoms with van der Waals surface area (Å²) in [4.78, 5) is 19.4. The lowest BCUT2D eigenvalue weighted by molar-refractivity contribution is -0.123. The number of aromatic nitrogens is 3. The molecule has 0 aliphatic heterocycles. The Kier molecular flexibility index (Phi) is 4.59. The van der Waals surface area contributed by atoms with Gasteiger partial charge in [0.25, 0.3) is 10.0 Å². The Morgan fingerprint density at radius 3 is 2.81 bits per heavy atom. The van der Waals surface area contributed by atoms with Crippen LogP contribution in [0, 0.1) is 5.92 Å². The molecule has 0 fully saturated rings. The van der Waals surface area contributed by atoms with Crippen LogP contribution >= 0.6 is 11.6 Å². The van der Waals surface area contributed by atoms with Crippen LogP contribution in [0.4, 0.5) is 0 Å². The van der Waals surface area contributed by atoms with Gasteiger partial charge < -0.3 is 4.57 Å². The smallest absolute Gasteiger partial charge is 0.265 e. The van der Waals surface area contributed by atoms with Crippen LogP contribution in [0.25, 0.3) is 0 Å². The Hall–Kier alpha value is -1.93. The molecule has 2 heterocycles. The molecule has 9 heteroatoms. The van der Waals surface area contributed by atoms with Gasteiger partial charge in [-0.2, -0.15) is 0 Å². The third-order valence-corrected chi connectivity index (χ3v) is 4.24. The number of imidazole rings is 1. The van der Waals surface area contributed by atoms with E-state index in [0.717, 1.165) is 6.20 Å². The van der Waals surface area contributed by atoms with Crippen LogP contribution in [-0.4, -0.2) is 28.9 Å². The van der Waals surface area contributed by atoms with Crippen molar-refractivity contribution in [3.63, 3.8) is 0 Å². The molecule has 0 radical (unpaired) electrons. The lowest BCUT2D eigenvalue weighted by Crippen LogP contribution is -2.36. The van der Waals surface area contributed by atoms with Gasteiger partial charge in [-0.1, -0.05) is 18.5 Å². The van der Waals surface area contributed by atoms with E-state index < -0.39 is 21.8 Å². The monoisotopic (exact) mass is 328 g/mol. The van der Waals surface area contributed by atoms with E-state index in [-0.39, 0.29) is 9.92 Å². The van der Waals surface area contributed by atoms with Crippen molar-refractivity contribution in [2.24, 2.45) is 5.92 Å². The van der Waals surface area contributed by atoms with Crippen LogP contribution in [0.1, 0.15) is 6.92 Å². The molecule has 2 rings (SSSR count). The van der Waals surface area contributed by atoms with Crippen molar-refractivity contribution in [3.05, 3.63) is 42.2 Å². The van der Waals surface area contributed by atoms with E-state index in [2.05, 4.69) is 9.97 Å². The van der Waals surface area contributed by atoms with Crippen molar-refractivity contribution in [3.8, 4) is 0 Å². The summed E-state index contributed by atoms with van der Waals surface area (Å²) >= 11 is 5.69. The van der Waals surface area contributed by atoms with Gasteiger partial charge >= 0.3 is 0 Å². The number of nitrogens with one attached hydrogen (secondary N) is 1. The molecule has 0 aromatic carbocycles. The first kappa shape index (κ1) is 15.5. The number of halogens is 1. The number of pyridine rings is 1. The first-order valence-electron chi connectivity index (χ1n) is 6.01. The highest BCUT2D eigenvalue weighted by atomic mass is 35.5. The van der Waals surface area contributed by atoms with Crippen molar-refractivity contribution in [1.82, 2.24) is 19.3 Å². The normalized spacial score (nSPS) is 12.9. The highest BCUT2D eigenvalue weighted by molar-refractivity contribution is 7.90. The molecule has 1 amide bonds. The van der Waals surface area contributed by atoms with Crippen molar-refractivity contribution in [2.45, 2.75) is 18.4 Å². The van der Waals surface area contributed by atoms with E-state index >= 15 is 0 Å². The number of amides is 1. The quantitative estimate of drug-likeness (QED) is 0.886. The van der Waals surface area contributed by atoms with E-state index in [1.54, 1.807) is 30.2 Å². The van der Waals surface area contributed by atoms with Gasteiger partial charge in [-0.15, -0.1) is 0 Å². The van der Waals surface area contributed by atoms with Crippen molar-refractivity contribution >= 4 is 27.5 Å². The third kappa shape index (κ3) is 4.02. The van der Waals surface area contributed by atoms with Gasteiger partial charge in [0.05, 0.1) is 17.3 Å². The minimum atomic E-state index is -3.98. The van der Waals surface area contributed by atoms with Gasteiger partial charge in [0, 0.05) is 31.3 Å². The topological polar surface area (TPSA) is 94.0 Å². The highest BCUT2D eigenvalue weighted by Crippen LogP contribution is 2.14. The molecule has 2 aromatic rings. The van der Waals surface area contributed by atoms with Gasteiger partial charge in [0.1, 0.15) is 4.90 Å². The van der Waals surface area contributed by atoms with Gasteiger partial charge in [-0.05, 0) is 6.07 Å². The SMILES string of the molecule is CC(Cn1ccnc1)C(=O)NS(=O)(=O)c1cncc(Cl)c1. The average molecular weight is 329 g/mol. The fourth-order valence-electron chi connectivity index (χ4n) is 1.63. The Labute approximate surface area is 127 Å². The standard InChI is InChI=1S/C12H13ClN4O3S/c1-9(7-17-3-2-14-8-17)12(18)16-21(19,20)11-4-10(13)5-15-6-11/h2-6,8-9H,7H2,1H3,(H,16,18). The Morgan fingerprint density at radius 1 is 1.43 bits per heavy atom. The maximum absolute atomic E-state index is 12.1. The van der Waals surface area contributed by atoms with Crippen LogP contribution < -0.4 is 4.72 Å². The molecule has 0 saturated carbocycles. The first-order valence-corrected chi connectivity index (χ1v) is 7.87. The van der Waals surface area contributed by atoms with Gasteiger partial charge in [0.2, 0.25) is 5.91 Å². The van der Waals surface area contributed by atoms with Gasteiger partial charge in [0.15, 0.2) is 0 Å². The number of carbonyl (C=O) groups is 1. The van der Waals surface area contributed by atoms with Crippen LogP contribution in [0.15, 0.2) is 42.1 Å². The highest BCUT2D eigenvalue weighted by Gasteiger charge is 2.22. The zero-order chi connectivity index (χ0) is 15.5. The zero-order valence-corrected chi connectivity index (χ0v) is 12.7. The number of hydrogen-bond acceptors (Lipinski definition) is 5. The second-order valence-corrected chi connectivity index (χ2v) is 6.59. The summed E-state index contributed by atoms with van der Waals surface area (Å²) in [6.45, 7) is 1.95. The maximum atomic E-state index is 12.1. The predicted octanol–water partition coefficient (Wildman–Crippen LogP) is 1.07. The lowest BCUT2D eigenvalue weighted by atomic mass is 10.2. The van der Waals surface area contributed by atoms with Crippen LogP contribution in [0.5, 0.6) is 0 Å². The van der Waals surface area contributed by atoms with Crippen molar-refractivity contribution in [1.29, 1.82) is 0 Å². The fraction of sp³-hybridized carbons (Fsp3) is 0.250. The van der Waals surface area contributed by atoms with E-state index in [4.69, 9.17) is 11.6 Å². The fourth-order valence-corrected chi connectivity index (χ4v) is 2.93. The summed E-state index contributed by atoms with van der Waals surface area (Å²) in [6, 6.07) is 1.23. The molecule has 7 nitrogen and oxygen atoms in total. The Balaban J connectivity index is 2.07. The molecule has 0 saturated heterocycles. The molecule has 1 N–H and O–H groups in total. The number of hydrogen-bond donors (Lipinski definition) is 1.